The first-order chi connectivity index (χ1) is 12.9. The van der Waals surface area contributed by atoms with Crippen molar-refractivity contribution in [2.75, 3.05) is 6.61 Å². The zero-order chi connectivity index (χ0) is 23.3. The number of aliphatic hydroxyl groups is 1. The van der Waals surface area contributed by atoms with Gasteiger partial charge in [0, 0.05) is 6.61 Å². The Morgan fingerprint density at radius 2 is 1.38 bits per heavy atom. The van der Waals surface area contributed by atoms with Crippen LogP contribution in [0.3, 0.4) is 0 Å². The van der Waals surface area contributed by atoms with E-state index >= 15 is 0 Å². The average molecular weight is 478 g/mol. The molecule has 0 aliphatic rings. The molecule has 0 aliphatic heterocycles. The molecule has 0 spiro atoms. The summed E-state index contributed by atoms with van der Waals surface area (Å²) >= 11 is 11.7. The number of hydrogen-bond acceptors (Lipinski definition) is 2. The van der Waals surface area contributed by atoms with Gasteiger partial charge in [0.2, 0.25) is 0 Å². The monoisotopic (exact) mass is 476 g/mol. The van der Waals surface area contributed by atoms with Crippen LogP contribution in [0.4, 0.5) is 0 Å². The highest BCUT2D eigenvalue weighted by Crippen LogP contribution is 2.44. The lowest BCUT2D eigenvalue weighted by molar-refractivity contribution is 0.290. The molecule has 0 fully saturated rings. The van der Waals surface area contributed by atoms with Crippen LogP contribution in [-0.2, 0) is 4.12 Å². The van der Waals surface area contributed by atoms with Crippen LogP contribution in [0, 0.1) is 0 Å². The fourth-order valence-corrected chi connectivity index (χ4v) is 9.95. The zero-order valence-electron chi connectivity index (χ0n) is 20.2. The van der Waals surface area contributed by atoms with Gasteiger partial charge in [-0.2, -0.15) is 0 Å². The Morgan fingerprint density at radius 3 is 1.72 bits per heavy atom. The summed E-state index contributed by atoms with van der Waals surface area (Å²) in [4.78, 5) is 0. The normalized spacial score (nSPS) is 13.0. The fraction of sp³-hybridized carbons (Fsp3) is 0.652. The van der Waals surface area contributed by atoms with E-state index in [1.54, 1.807) is 12.1 Å². The van der Waals surface area contributed by atoms with E-state index in [0.717, 1.165) is 24.0 Å². The Bertz CT molecular complexity index is 648. The lowest BCUT2D eigenvalue weighted by atomic mass is 10.0. The Labute approximate surface area is 191 Å². The molecule has 0 amide bonds. The molecule has 1 aromatic carbocycles. The van der Waals surface area contributed by atoms with E-state index in [9.17, 15) is 0 Å². The van der Waals surface area contributed by atoms with Crippen molar-refractivity contribution in [3.63, 3.8) is 0 Å². The maximum Gasteiger partial charge on any atom is 0.178 e. The highest BCUT2D eigenvalue weighted by Gasteiger charge is 2.46. The Morgan fingerprint density at radius 1 is 0.931 bits per heavy atom. The molecule has 0 atom stereocenters. The standard InChI is InChI=1S/C12H30OSi2.C11H12Cl2O/c1-11(2,3)14(7,8)13-15(9,10)12(4,5)6;1-8(3-2-6-14)9-4-5-10(12)11(13)7-9/h1-10H3;4-5,7,14H,1-3,6H2. The second-order valence-corrected chi connectivity index (χ2v) is 21.4. The molecule has 29 heavy (non-hydrogen) atoms. The van der Waals surface area contributed by atoms with Gasteiger partial charge in [-0.15, -0.1) is 0 Å². The predicted molar refractivity (Wildman–Crippen MR) is 137 cm³/mol. The maximum atomic E-state index is 8.67. The smallest absolute Gasteiger partial charge is 0.178 e. The molecule has 0 radical (unpaired) electrons. The van der Waals surface area contributed by atoms with Crippen LogP contribution in [0.1, 0.15) is 59.9 Å². The van der Waals surface area contributed by atoms with E-state index in [-0.39, 0.29) is 6.61 Å². The molecule has 0 saturated heterocycles. The molecule has 6 heteroatoms. The third kappa shape index (κ3) is 9.28. The molecule has 0 aromatic heterocycles. The first-order valence-electron chi connectivity index (χ1n) is 10.3. The van der Waals surface area contributed by atoms with Crippen LogP contribution in [-0.4, -0.2) is 28.3 Å². The molecule has 0 unspecified atom stereocenters. The largest absolute Gasteiger partial charge is 0.455 e. The van der Waals surface area contributed by atoms with E-state index in [4.69, 9.17) is 32.4 Å². The van der Waals surface area contributed by atoms with Crippen molar-refractivity contribution >= 4 is 45.4 Å². The van der Waals surface area contributed by atoms with Crippen LogP contribution in [0.5, 0.6) is 0 Å². The van der Waals surface area contributed by atoms with Crippen LogP contribution in [0.2, 0.25) is 46.3 Å². The van der Waals surface area contributed by atoms with Gasteiger partial charge in [-0.25, -0.2) is 0 Å². The Kier molecular flexibility index (Phi) is 10.9. The van der Waals surface area contributed by atoms with Gasteiger partial charge in [-0.1, -0.05) is 77.4 Å². The summed E-state index contributed by atoms with van der Waals surface area (Å²) in [6, 6.07) is 5.43. The van der Waals surface area contributed by atoms with Crippen molar-refractivity contribution in [1.82, 2.24) is 0 Å². The van der Waals surface area contributed by atoms with Gasteiger partial charge in [-0.05, 0) is 72.4 Å². The first kappa shape index (κ1) is 28.9. The topological polar surface area (TPSA) is 29.5 Å². The van der Waals surface area contributed by atoms with Gasteiger partial charge < -0.3 is 9.22 Å². The van der Waals surface area contributed by atoms with Crippen molar-refractivity contribution in [3.05, 3.63) is 40.4 Å². The number of halogens is 2. The quantitative estimate of drug-likeness (QED) is 0.415. The summed E-state index contributed by atoms with van der Waals surface area (Å²) < 4.78 is 6.63. The molecule has 1 N–H and O–H groups in total. The van der Waals surface area contributed by atoms with Gasteiger partial charge in [0.1, 0.15) is 0 Å². The second kappa shape index (κ2) is 11.0. The van der Waals surface area contributed by atoms with Crippen LogP contribution in [0.15, 0.2) is 24.8 Å². The summed E-state index contributed by atoms with van der Waals surface area (Å²) in [5.74, 6) is 0. The van der Waals surface area contributed by atoms with Gasteiger partial charge in [0.05, 0.1) is 10.0 Å². The molecular weight excluding hydrogens is 435 g/mol. The Balaban J connectivity index is 0.000000541. The third-order valence-corrected chi connectivity index (χ3v) is 18.1. The number of rotatable bonds is 6. The van der Waals surface area contributed by atoms with E-state index in [1.807, 2.05) is 6.07 Å². The minimum absolute atomic E-state index is 0.181. The minimum Gasteiger partial charge on any atom is -0.455 e. The first-order valence-corrected chi connectivity index (χ1v) is 16.9. The molecule has 0 saturated carbocycles. The van der Waals surface area contributed by atoms with Crippen molar-refractivity contribution in [2.24, 2.45) is 0 Å². The summed E-state index contributed by atoms with van der Waals surface area (Å²) in [5, 5.41) is 10.4. The summed E-state index contributed by atoms with van der Waals surface area (Å²) in [6.07, 6.45) is 1.49. The number of aliphatic hydroxyl groups excluding tert-OH is 1. The minimum atomic E-state index is -1.59. The van der Waals surface area contributed by atoms with Crippen LogP contribution >= 0.6 is 23.2 Å². The number of benzene rings is 1. The molecule has 0 heterocycles. The maximum absolute atomic E-state index is 8.67. The highest BCUT2D eigenvalue weighted by molar-refractivity contribution is 6.87. The molecule has 2 nitrogen and oxygen atoms in total. The molecular formula is C23H42Cl2O2Si2. The average Bonchev–Trinajstić information content (AvgIpc) is 2.52. The van der Waals surface area contributed by atoms with Gasteiger partial charge in [0.25, 0.3) is 0 Å². The SMILES string of the molecule is C=C(CCCO)c1ccc(Cl)c(Cl)c1.CC(C)(C)[Si](C)(C)O[Si](C)(C)C(C)(C)C. The van der Waals surface area contributed by atoms with Crippen molar-refractivity contribution in [1.29, 1.82) is 0 Å². The van der Waals surface area contributed by atoms with Crippen LogP contribution in [0.25, 0.3) is 5.57 Å². The molecule has 168 valence electrons. The third-order valence-electron chi connectivity index (χ3n) is 6.09. The second-order valence-electron chi connectivity index (χ2n) is 10.7. The molecule has 0 aliphatic carbocycles. The van der Waals surface area contributed by atoms with E-state index in [1.165, 1.54) is 0 Å². The van der Waals surface area contributed by atoms with Crippen molar-refractivity contribution in [3.8, 4) is 0 Å². The van der Waals surface area contributed by atoms with E-state index in [0.29, 0.717) is 20.1 Å². The van der Waals surface area contributed by atoms with E-state index < -0.39 is 16.6 Å². The van der Waals surface area contributed by atoms with Crippen molar-refractivity contribution < 1.29 is 9.22 Å². The molecule has 1 rings (SSSR count). The number of allylic oxidation sites excluding steroid dienone is 1. The van der Waals surface area contributed by atoms with E-state index in [2.05, 4.69) is 74.3 Å². The van der Waals surface area contributed by atoms with Gasteiger partial charge in [-0.3, -0.25) is 0 Å². The summed E-state index contributed by atoms with van der Waals surface area (Å²) in [7, 11) is -3.18. The van der Waals surface area contributed by atoms with Gasteiger partial charge >= 0.3 is 0 Å². The predicted octanol–water partition coefficient (Wildman–Crippen LogP) is 8.79. The lowest BCUT2D eigenvalue weighted by Crippen LogP contribution is -2.53. The fourth-order valence-electron chi connectivity index (χ4n) is 2.10. The Hall–Kier alpha value is -0.106. The highest BCUT2D eigenvalue weighted by atomic mass is 35.5. The zero-order valence-corrected chi connectivity index (χ0v) is 23.7. The van der Waals surface area contributed by atoms with Crippen LogP contribution < -0.4 is 0 Å². The van der Waals surface area contributed by atoms with Crippen molar-refractivity contribution in [2.45, 2.75) is 90.6 Å². The molecule has 1 aromatic rings. The van der Waals surface area contributed by atoms with Gasteiger partial charge in [0.15, 0.2) is 16.6 Å². The summed E-state index contributed by atoms with van der Waals surface area (Å²) in [6.45, 7) is 27.4. The summed E-state index contributed by atoms with van der Waals surface area (Å²) in [5.41, 5.74) is 1.95. The molecule has 0 bridgehead atoms. The lowest BCUT2D eigenvalue weighted by Gasteiger charge is -2.47. The number of hydrogen-bond donors (Lipinski definition) is 1.